The first kappa shape index (κ1) is 13.8. The standard InChI is InChI=1S/C17H22N2/c1-4-6-14-7-5-8-15(11-14)17(18-3)16-12-19-10-9-13(16)2/h5,7-12,17-18H,4,6H2,1-3H3. The zero-order valence-electron chi connectivity index (χ0n) is 12.0. The van der Waals surface area contributed by atoms with E-state index in [0.717, 1.165) is 6.42 Å². The largest absolute Gasteiger partial charge is 0.309 e. The van der Waals surface area contributed by atoms with Gasteiger partial charge in [0.2, 0.25) is 0 Å². The van der Waals surface area contributed by atoms with Gasteiger partial charge in [0, 0.05) is 12.4 Å². The van der Waals surface area contributed by atoms with Crippen LogP contribution in [0.4, 0.5) is 0 Å². The van der Waals surface area contributed by atoms with Crippen molar-refractivity contribution >= 4 is 0 Å². The van der Waals surface area contributed by atoms with Gasteiger partial charge in [0.1, 0.15) is 0 Å². The molecule has 2 nitrogen and oxygen atoms in total. The fourth-order valence-corrected chi connectivity index (χ4v) is 2.50. The van der Waals surface area contributed by atoms with Gasteiger partial charge in [-0.15, -0.1) is 0 Å². The molecule has 0 aliphatic rings. The Morgan fingerprint density at radius 3 is 2.79 bits per heavy atom. The fourth-order valence-electron chi connectivity index (χ4n) is 2.50. The van der Waals surface area contributed by atoms with Gasteiger partial charge in [0.15, 0.2) is 0 Å². The molecule has 1 atom stereocenters. The molecular weight excluding hydrogens is 232 g/mol. The van der Waals surface area contributed by atoms with Crippen molar-refractivity contribution in [2.24, 2.45) is 0 Å². The SMILES string of the molecule is CCCc1cccc(C(NC)c2cnccc2C)c1. The van der Waals surface area contributed by atoms with Gasteiger partial charge in [-0.2, -0.15) is 0 Å². The predicted molar refractivity (Wildman–Crippen MR) is 80.3 cm³/mol. The van der Waals surface area contributed by atoms with Crippen LogP contribution in [0.1, 0.15) is 41.6 Å². The minimum absolute atomic E-state index is 0.213. The average molecular weight is 254 g/mol. The van der Waals surface area contributed by atoms with Gasteiger partial charge in [-0.1, -0.05) is 37.6 Å². The van der Waals surface area contributed by atoms with Crippen LogP contribution >= 0.6 is 0 Å². The Kier molecular flexibility index (Phi) is 4.69. The van der Waals surface area contributed by atoms with Crippen molar-refractivity contribution in [2.75, 3.05) is 7.05 Å². The summed E-state index contributed by atoms with van der Waals surface area (Å²) in [6.07, 6.45) is 6.12. The highest BCUT2D eigenvalue weighted by molar-refractivity contribution is 5.36. The van der Waals surface area contributed by atoms with E-state index in [-0.39, 0.29) is 6.04 Å². The van der Waals surface area contributed by atoms with Crippen molar-refractivity contribution in [3.05, 3.63) is 65.0 Å². The molecule has 2 heteroatoms. The van der Waals surface area contributed by atoms with Gasteiger partial charge < -0.3 is 5.32 Å². The van der Waals surface area contributed by atoms with E-state index in [1.807, 2.05) is 19.4 Å². The van der Waals surface area contributed by atoms with Crippen LogP contribution in [0.5, 0.6) is 0 Å². The maximum atomic E-state index is 4.26. The highest BCUT2D eigenvalue weighted by Gasteiger charge is 2.14. The molecule has 2 aromatic rings. The van der Waals surface area contributed by atoms with Crippen LogP contribution < -0.4 is 5.32 Å². The summed E-state index contributed by atoms with van der Waals surface area (Å²) in [6.45, 7) is 4.35. The van der Waals surface area contributed by atoms with Gasteiger partial charge in [0.25, 0.3) is 0 Å². The molecule has 1 unspecified atom stereocenters. The molecule has 0 saturated heterocycles. The summed E-state index contributed by atoms with van der Waals surface area (Å²) in [5.41, 5.74) is 5.24. The molecule has 2 rings (SSSR count). The number of hydrogen-bond donors (Lipinski definition) is 1. The lowest BCUT2D eigenvalue weighted by atomic mass is 9.95. The first-order valence-electron chi connectivity index (χ1n) is 6.93. The second-order valence-corrected chi connectivity index (χ2v) is 4.95. The van der Waals surface area contributed by atoms with Gasteiger partial charge >= 0.3 is 0 Å². The summed E-state index contributed by atoms with van der Waals surface area (Å²) >= 11 is 0. The normalized spacial score (nSPS) is 12.4. The van der Waals surface area contributed by atoms with E-state index in [4.69, 9.17) is 0 Å². The van der Waals surface area contributed by atoms with E-state index in [1.54, 1.807) is 0 Å². The van der Waals surface area contributed by atoms with Crippen LogP contribution in [0, 0.1) is 6.92 Å². The first-order chi connectivity index (χ1) is 9.26. The predicted octanol–water partition coefficient (Wildman–Crippen LogP) is 3.65. The average Bonchev–Trinajstić information content (AvgIpc) is 2.43. The van der Waals surface area contributed by atoms with Crippen LogP contribution in [-0.4, -0.2) is 12.0 Å². The molecule has 0 spiro atoms. The van der Waals surface area contributed by atoms with E-state index in [9.17, 15) is 0 Å². The summed E-state index contributed by atoms with van der Waals surface area (Å²) in [6, 6.07) is 11.1. The van der Waals surface area contributed by atoms with E-state index < -0.39 is 0 Å². The van der Waals surface area contributed by atoms with Crippen molar-refractivity contribution < 1.29 is 0 Å². The Morgan fingerprint density at radius 1 is 1.26 bits per heavy atom. The van der Waals surface area contributed by atoms with Gasteiger partial charge in [-0.05, 0) is 48.7 Å². The number of nitrogens with zero attached hydrogens (tertiary/aromatic N) is 1. The fraction of sp³-hybridized carbons (Fsp3) is 0.353. The quantitative estimate of drug-likeness (QED) is 0.881. The molecule has 1 heterocycles. The second kappa shape index (κ2) is 6.48. The number of hydrogen-bond acceptors (Lipinski definition) is 2. The Labute approximate surface area is 115 Å². The minimum Gasteiger partial charge on any atom is -0.309 e. The summed E-state index contributed by atoms with van der Waals surface area (Å²) < 4.78 is 0. The summed E-state index contributed by atoms with van der Waals surface area (Å²) in [4.78, 5) is 4.26. The molecule has 0 radical (unpaired) electrons. The smallest absolute Gasteiger partial charge is 0.0592 e. The van der Waals surface area contributed by atoms with Crippen molar-refractivity contribution in [1.29, 1.82) is 0 Å². The maximum absolute atomic E-state index is 4.26. The molecule has 0 bridgehead atoms. The van der Waals surface area contributed by atoms with Gasteiger partial charge in [0.05, 0.1) is 6.04 Å². The van der Waals surface area contributed by atoms with E-state index in [0.29, 0.717) is 0 Å². The highest BCUT2D eigenvalue weighted by Crippen LogP contribution is 2.24. The monoisotopic (exact) mass is 254 g/mol. The molecule has 0 fully saturated rings. The first-order valence-corrected chi connectivity index (χ1v) is 6.93. The zero-order chi connectivity index (χ0) is 13.7. The summed E-state index contributed by atoms with van der Waals surface area (Å²) in [7, 11) is 2.00. The lowest BCUT2D eigenvalue weighted by Crippen LogP contribution is -2.19. The molecule has 1 aromatic carbocycles. The topological polar surface area (TPSA) is 24.9 Å². The molecule has 0 aliphatic heterocycles. The number of aromatic nitrogens is 1. The van der Waals surface area contributed by atoms with Crippen molar-refractivity contribution in [3.63, 3.8) is 0 Å². The lowest BCUT2D eigenvalue weighted by molar-refractivity contribution is 0.683. The van der Waals surface area contributed by atoms with Crippen LogP contribution in [0.25, 0.3) is 0 Å². The Balaban J connectivity index is 2.37. The van der Waals surface area contributed by atoms with Crippen molar-refractivity contribution in [3.8, 4) is 0 Å². The van der Waals surface area contributed by atoms with Crippen molar-refractivity contribution in [2.45, 2.75) is 32.7 Å². The van der Waals surface area contributed by atoms with E-state index in [2.05, 4.69) is 54.5 Å². The molecule has 1 aromatic heterocycles. The lowest BCUT2D eigenvalue weighted by Gasteiger charge is -2.19. The number of pyridine rings is 1. The molecule has 0 saturated carbocycles. The number of rotatable bonds is 5. The summed E-state index contributed by atoms with van der Waals surface area (Å²) in [5.74, 6) is 0. The van der Waals surface area contributed by atoms with Crippen LogP contribution in [-0.2, 0) is 6.42 Å². The number of benzene rings is 1. The molecule has 1 N–H and O–H groups in total. The van der Waals surface area contributed by atoms with Crippen LogP contribution in [0.3, 0.4) is 0 Å². The highest BCUT2D eigenvalue weighted by atomic mass is 14.9. The molecule has 0 amide bonds. The third kappa shape index (κ3) is 3.21. The third-order valence-electron chi connectivity index (χ3n) is 3.50. The zero-order valence-corrected chi connectivity index (χ0v) is 12.0. The Hall–Kier alpha value is -1.67. The van der Waals surface area contributed by atoms with Crippen molar-refractivity contribution in [1.82, 2.24) is 10.3 Å². The molecule has 19 heavy (non-hydrogen) atoms. The Morgan fingerprint density at radius 2 is 2.11 bits per heavy atom. The molecular formula is C17H22N2. The maximum Gasteiger partial charge on any atom is 0.0592 e. The summed E-state index contributed by atoms with van der Waals surface area (Å²) in [5, 5.41) is 3.40. The van der Waals surface area contributed by atoms with E-state index in [1.165, 1.54) is 28.7 Å². The van der Waals surface area contributed by atoms with Crippen LogP contribution in [0.2, 0.25) is 0 Å². The van der Waals surface area contributed by atoms with E-state index >= 15 is 0 Å². The van der Waals surface area contributed by atoms with Gasteiger partial charge in [-0.3, -0.25) is 4.98 Å². The molecule has 100 valence electrons. The van der Waals surface area contributed by atoms with Crippen LogP contribution in [0.15, 0.2) is 42.7 Å². The second-order valence-electron chi connectivity index (χ2n) is 4.95. The Bertz CT molecular complexity index is 534. The molecule has 0 aliphatic carbocycles. The van der Waals surface area contributed by atoms with Gasteiger partial charge in [-0.25, -0.2) is 0 Å². The number of nitrogens with one attached hydrogen (secondary N) is 1. The minimum atomic E-state index is 0.213. The third-order valence-corrected chi connectivity index (χ3v) is 3.50. The number of aryl methyl sites for hydroxylation is 2.